The number of aliphatic imine (C=N–C) groups is 1. The second kappa shape index (κ2) is 10.6. The third-order valence-electron chi connectivity index (χ3n) is 4.73. The standard InChI is InChI=1S/C19H32N4S.HI/c1-15-11-17(13-23(15)12-16-9-7-6-8-10-16)22-18(20-4)21-14-19(2,3)24-5;/h6-10,15,17H,11-14H2,1-5H3,(H2,20,21,22);1H. The number of guanidine groups is 1. The van der Waals surface area contributed by atoms with Gasteiger partial charge in [-0.1, -0.05) is 30.3 Å². The molecule has 6 heteroatoms. The molecule has 4 nitrogen and oxygen atoms in total. The molecule has 25 heavy (non-hydrogen) atoms. The molecule has 1 fully saturated rings. The first-order valence-corrected chi connectivity index (χ1v) is 9.96. The van der Waals surface area contributed by atoms with E-state index in [4.69, 9.17) is 0 Å². The van der Waals surface area contributed by atoms with Crippen LogP contribution in [0.2, 0.25) is 0 Å². The summed E-state index contributed by atoms with van der Waals surface area (Å²) in [6.45, 7) is 9.80. The summed E-state index contributed by atoms with van der Waals surface area (Å²) in [5.41, 5.74) is 1.38. The molecule has 0 radical (unpaired) electrons. The number of thioether (sulfide) groups is 1. The number of halogens is 1. The molecule has 2 N–H and O–H groups in total. The highest BCUT2D eigenvalue weighted by Crippen LogP contribution is 2.21. The van der Waals surface area contributed by atoms with Gasteiger partial charge in [-0.05, 0) is 39.0 Å². The van der Waals surface area contributed by atoms with E-state index in [1.807, 2.05) is 18.8 Å². The van der Waals surface area contributed by atoms with E-state index in [9.17, 15) is 0 Å². The van der Waals surface area contributed by atoms with E-state index in [2.05, 4.69) is 77.9 Å². The zero-order valence-corrected chi connectivity index (χ0v) is 19.2. The summed E-state index contributed by atoms with van der Waals surface area (Å²) in [4.78, 5) is 6.94. The maximum atomic E-state index is 4.39. The summed E-state index contributed by atoms with van der Waals surface area (Å²) in [7, 11) is 1.85. The third kappa shape index (κ3) is 7.35. The Hall–Kier alpha value is -0.470. The lowest BCUT2D eigenvalue weighted by atomic mass is 10.2. The lowest BCUT2D eigenvalue weighted by molar-refractivity contribution is 0.258. The zero-order chi connectivity index (χ0) is 17.6. The van der Waals surface area contributed by atoms with Crippen molar-refractivity contribution in [3.8, 4) is 0 Å². The van der Waals surface area contributed by atoms with E-state index < -0.39 is 0 Å². The summed E-state index contributed by atoms with van der Waals surface area (Å²) in [5, 5.41) is 7.06. The van der Waals surface area contributed by atoms with E-state index >= 15 is 0 Å². The molecule has 1 aliphatic heterocycles. The van der Waals surface area contributed by atoms with Gasteiger partial charge in [-0.15, -0.1) is 24.0 Å². The Kier molecular flexibility index (Phi) is 9.59. The molecule has 1 aromatic carbocycles. The van der Waals surface area contributed by atoms with Crippen LogP contribution in [0.5, 0.6) is 0 Å². The highest BCUT2D eigenvalue weighted by atomic mass is 127. The summed E-state index contributed by atoms with van der Waals surface area (Å²) in [6, 6.07) is 11.8. The van der Waals surface area contributed by atoms with Crippen LogP contribution in [-0.4, -0.2) is 54.1 Å². The molecule has 1 heterocycles. The van der Waals surface area contributed by atoms with E-state index in [1.54, 1.807) is 0 Å². The van der Waals surface area contributed by atoms with Crippen molar-refractivity contribution in [2.75, 3.05) is 26.4 Å². The molecule has 1 aromatic rings. The van der Waals surface area contributed by atoms with Gasteiger partial charge in [0, 0.05) is 43.5 Å². The van der Waals surface area contributed by atoms with Crippen LogP contribution in [0.25, 0.3) is 0 Å². The van der Waals surface area contributed by atoms with Crippen LogP contribution in [0.1, 0.15) is 32.8 Å². The molecule has 1 aliphatic rings. The van der Waals surface area contributed by atoms with Gasteiger partial charge in [0.2, 0.25) is 0 Å². The molecule has 0 spiro atoms. The smallest absolute Gasteiger partial charge is 0.191 e. The summed E-state index contributed by atoms with van der Waals surface area (Å²) >= 11 is 1.87. The lowest BCUT2D eigenvalue weighted by Gasteiger charge is -2.25. The van der Waals surface area contributed by atoms with Crippen molar-refractivity contribution < 1.29 is 0 Å². The van der Waals surface area contributed by atoms with Crippen LogP contribution in [0, 0.1) is 0 Å². The van der Waals surface area contributed by atoms with Gasteiger partial charge in [-0.3, -0.25) is 9.89 Å². The Morgan fingerprint density at radius 1 is 1.32 bits per heavy atom. The van der Waals surface area contributed by atoms with Gasteiger partial charge in [0.05, 0.1) is 0 Å². The van der Waals surface area contributed by atoms with Gasteiger partial charge < -0.3 is 10.6 Å². The van der Waals surface area contributed by atoms with Crippen LogP contribution >= 0.6 is 35.7 Å². The molecule has 0 bridgehead atoms. The molecule has 0 aliphatic carbocycles. The normalized spacial score (nSPS) is 21.7. The maximum absolute atomic E-state index is 4.39. The van der Waals surface area contributed by atoms with Crippen LogP contribution in [-0.2, 0) is 6.54 Å². The van der Waals surface area contributed by atoms with E-state index in [1.165, 1.54) is 5.56 Å². The lowest BCUT2D eigenvalue weighted by Crippen LogP contribution is -2.47. The minimum atomic E-state index is 0. The fourth-order valence-electron chi connectivity index (χ4n) is 3.00. The molecule has 2 unspecified atom stereocenters. The molecule has 0 amide bonds. The predicted molar refractivity (Wildman–Crippen MR) is 122 cm³/mol. The molecule has 0 aromatic heterocycles. The molecule has 2 atom stereocenters. The number of rotatable bonds is 6. The number of hydrogen-bond acceptors (Lipinski definition) is 3. The highest BCUT2D eigenvalue weighted by Gasteiger charge is 2.29. The first kappa shape index (κ1) is 22.6. The largest absolute Gasteiger partial charge is 0.355 e. The topological polar surface area (TPSA) is 39.7 Å². The molecular formula is C19H33IN4S. The number of nitrogens with zero attached hydrogens (tertiary/aromatic N) is 2. The fourth-order valence-corrected chi connectivity index (χ4v) is 3.21. The van der Waals surface area contributed by atoms with Gasteiger partial charge in [0.15, 0.2) is 5.96 Å². The number of hydrogen-bond donors (Lipinski definition) is 2. The van der Waals surface area contributed by atoms with E-state index in [0.717, 1.165) is 32.0 Å². The van der Waals surface area contributed by atoms with Crippen LogP contribution in [0.15, 0.2) is 35.3 Å². The third-order valence-corrected chi connectivity index (χ3v) is 5.98. The first-order valence-electron chi connectivity index (χ1n) is 8.74. The number of benzene rings is 1. The summed E-state index contributed by atoms with van der Waals surface area (Å²) in [6.07, 6.45) is 3.30. The Balaban J connectivity index is 0.00000312. The second-order valence-electron chi connectivity index (χ2n) is 7.23. The molecule has 2 rings (SSSR count). The minimum Gasteiger partial charge on any atom is -0.355 e. The van der Waals surface area contributed by atoms with Crippen molar-refractivity contribution in [3.05, 3.63) is 35.9 Å². The van der Waals surface area contributed by atoms with Crippen molar-refractivity contribution in [3.63, 3.8) is 0 Å². The number of nitrogens with one attached hydrogen (secondary N) is 2. The fraction of sp³-hybridized carbons (Fsp3) is 0.632. The van der Waals surface area contributed by atoms with Crippen molar-refractivity contribution in [1.29, 1.82) is 0 Å². The monoisotopic (exact) mass is 476 g/mol. The Labute approximate surface area is 174 Å². The second-order valence-corrected chi connectivity index (χ2v) is 8.74. The van der Waals surface area contributed by atoms with Gasteiger partial charge in [-0.25, -0.2) is 0 Å². The molecular weight excluding hydrogens is 443 g/mol. The van der Waals surface area contributed by atoms with Crippen LogP contribution in [0.3, 0.4) is 0 Å². The van der Waals surface area contributed by atoms with E-state index in [0.29, 0.717) is 12.1 Å². The average Bonchev–Trinajstić information content (AvgIpc) is 2.92. The van der Waals surface area contributed by atoms with Crippen molar-refractivity contribution in [2.24, 2.45) is 4.99 Å². The molecule has 142 valence electrons. The van der Waals surface area contributed by atoms with Crippen molar-refractivity contribution >= 4 is 41.7 Å². The summed E-state index contributed by atoms with van der Waals surface area (Å²) in [5.74, 6) is 0.913. The van der Waals surface area contributed by atoms with Crippen molar-refractivity contribution in [1.82, 2.24) is 15.5 Å². The highest BCUT2D eigenvalue weighted by molar-refractivity contribution is 14.0. The average molecular weight is 476 g/mol. The summed E-state index contributed by atoms with van der Waals surface area (Å²) < 4.78 is 0.208. The predicted octanol–water partition coefficient (Wildman–Crippen LogP) is 3.57. The van der Waals surface area contributed by atoms with Gasteiger partial charge in [0.25, 0.3) is 0 Å². The van der Waals surface area contributed by atoms with Gasteiger partial charge in [-0.2, -0.15) is 11.8 Å². The number of likely N-dealkylation sites (tertiary alicyclic amines) is 1. The zero-order valence-electron chi connectivity index (χ0n) is 16.1. The van der Waals surface area contributed by atoms with Crippen molar-refractivity contribution in [2.45, 2.75) is 50.6 Å². The molecule has 1 saturated heterocycles. The van der Waals surface area contributed by atoms with Crippen LogP contribution in [0.4, 0.5) is 0 Å². The van der Waals surface area contributed by atoms with E-state index in [-0.39, 0.29) is 28.7 Å². The quantitative estimate of drug-likeness (QED) is 0.374. The van der Waals surface area contributed by atoms with Gasteiger partial charge in [0.1, 0.15) is 0 Å². The first-order chi connectivity index (χ1) is 11.4. The van der Waals surface area contributed by atoms with Crippen LogP contribution < -0.4 is 10.6 Å². The maximum Gasteiger partial charge on any atom is 0.191 e. The SMILES string of the molecule is CN=C(NCC(C)(C)SC)NC1CC(C)N(Cc2ccccc2)C1.I. The Morgan fingerprint density at radius 3 is 2.60 bits per heavy atom. The Bertz CT molecular complexity index is 535. The minimum absolute atomic E-state index is 0. The Morgan fingerprint density at radius 2 is 2.00 bits per heavy atom. The molecule has 0 saturated carbocycles. The van der Waals surface area contributed by atoms with Gasteiger partial charge >= 0.3 is 0 Å².